The zero-order valence-electron chi connectivity index (χ0n) is 10.5. The fraction of sp³-hybridized carbons (Fsp3) is 0.0769. The Balaban J connectivity index is 2.32. The summed E-state index contributed by atoms with van der Waals surface area (Å²) in [6, 6.07) is 6.29. The predicted octanol–water partition coefficient (Wildman–Crippen LogP) is 0.793. The molecule has 0 bridgehead atoms. The van der Waals surface area contributed by atoms with Crippen LogP contribution in [0.25, 0.3) is 16.9 Å². The molecule has 0 aromatic carbocycles. The monoisotopic (exact) mass is 270 g/mol. The van der Waals surface area contributed by atoms with Crippen LogP contribution >= 0.6 is 0 Å². The quantitative estimate of drug-likeness (QED) is 0.743. The second kappa shape index (κ2) is 4.30. The van der Waals surface area contributed by atoms with E-state index in [-0.39, 0.29) is 5.69 Å². The summed E-state index contributed by atoms with van der Waals surface area (Å²) >= 11 is 0. The second-order valence-electron chi connectivity index (χ2n) is 4.27. The Kier molecular flexibility index (Phi) is 2.60. The highest BCUT2D eigenvalue weighted by Gasteiger charge is 2.14. The van der Waals surface area contributed by atoms with Gasteiger partial charge in [0, 0.05) is 37.1 Å². The standard InChI is InChI=1S/C13H10N4O3/c1-16-10(13(19)20)6-12(18)17-11(16)5-9(15-17)8-3-2-4-14-7-8/h2-7H,1H3,(H,19,20). The molecular formula is C13H10N4O3. The lowest BCUT2D eigenvalue weighted by atomic mass is 10.2. The summed E-state index contributed by atoms with van der Waals surface area (Å²) in [6.45, 7) is 0. The van der Waals surface area contributed by atoms with Crippen LogP contribution < -0.4 is 5.56 Å². The highest BCUT2D eigenvalue weighted by molar-refractivity contribution is 5.86. The molecule has 0 saturated carbocycles. The van der Waals surface area contributed by atoms with E-state index in [2.05, 4.69) is 10.1 Å². The first kappa shape index (κ1) is 12.1. The highest BCUT2D eigenvalue weighted by atomic mass is 16.4. The van der Waals surface area contributed by atoms with Crippen LogP contribution in [0.5, 0.6) is 0 Å². The van der Waals surface area contributed by atoms with Crippen LogP contribution in [-0.4, -0.2) is 30.2 Å². The topological polar surface area (TPSA) is 89.5 Å². The number of hydrogen-bond acceptors (Lipinski definition) is 4. The molecule has 0 radical (unpaired) electrons. The molecule has 0 aliphatic rings. The lowest BCUT2D eigenvalue weighted by Crippen LogP contribution is -2.21. The molecule has 7 nitrogen and oxygen atoms in total. The average molecular weight is 270 g/mol. The van der Waals surface area contributed by atoms with E-state index in [0.717, 1.165) is 11.6 Å². The van der Waals surface area contributed by atoms with Gasteiger partial charge in [-0.25, -0.2) is 4.79 Å². The number of carbonyl (C=O) groups is 1. The van der Waals surface area contributed by atoms with E-state index in [0.29, 0.717) is 11.3 Å². The molecule has 3 heterocycles. The zero-order chi connectivity index (χ0) is 14.3. The summed E-state index contributed by atoms with van der Waals surface area (Å²) in [5.41, 5.74) is 1.17. The molecule has 3 aromatic heterocycles. The predicted molar refractivity (Wildman–Crippen MR) is 70.6 cm³/mol. The molecule has 0 spiro atoms. The van der Waals surface area contributed by atoms with Crippen LogP contribution in [-0.2, 0) is 7.05 Å². The molecule has 0 saturated heterocycles. The van der Waals surface area contributed by atoms with E-state index in [1.165, 1.54) is 9.08 Å². The third kappa shape index (κ3) is 1.76. The molecule has 0 aliphatic carbocycles. The molecule has 3 aromatic rings. The number of carboxylic acid groups (broad SMARTS) is 1. The second-order valence-corrected chi connectivity index (χ2v) is 4.27. The first-order valence-corrected chi connectivity index (χ1v) is 5.81. The Morgan fingerprint density at radius 2 is 2.15 bits per heavy atom. The van der Waals surface area contributed by atoms with Crippen molar-refractivity contribution in [3.8, 4) is 11.3 Å². The Morgan fingerprint density at radius 1 is 1.35 bits per heavy atom. The van der Waals surface area contributed by atoms with Crippen LogP contribution in [0.2, 0.25) is 0 Å². The summed E-state index contributed by atoms with van der Waals surface area (Å²) < 4.78 is 2.59. The minimum absolute atomic E-state index is 0.0832. The van der Waals surface area contributed by atoms with Crippen molar-refractivity contribution in [3.05, 3.63) is 52.7 Å². The number of carboxylic acids is 1. The molecule has 20 heavy (non-hydrogen) atoms. The molecule has 7 heteroatoms. The number of aryl methyl sites for hydroxylation is 1. The number of nitrogens with zero attached hydrogens (tertiary/aromatic N) is 4. The minimum Gasteiger partial charge on any atom is -0.477 e. The van der Waals surface area contributed by atoms with Crippen molar-refractivity contribution in [1.82, 2.24) is 19.2 Å². The Hall–Kier alpha value is -2.96. The smallest absolute Gasteiger partial charge is 0.352 e. The maximum absolute atomic E-state index is 11.9. The summed E-state index contributed by atoms with van der Waals surface area (Å²) in [7, 11) is 1.58. The van der Waals surface area contributed by atoms with Crippen LogP contribution in [0.4, 0.5) is 0 Å². The van der Waals surface area contributed by atoms with Crippen molar-refractivity contribution < 1.29 is 9.90 Å². The van der Waals surface area contributed by atoms with E-state index in [1.54, 1.807) is 31.6 Å². The summed E-state index contributed by atoms with van der Waals surface area (Å²) in [4.78, 5) is 27.0. The molecule has 0 atom stereocenters. The van der Waals surface area contributed by atoms with Crippen LogP contribution in [0, 0.1) is 0 Å². The molecule has 1 N–H and O–H groups in total. The molecule has 100 valence electrons. The van der Waals surface area contributed by atoms with Gasteiger partial charge in [0.15, 0.2) is 0 Å². The number of hydrogen-bond donors (Lipinski definition) is 1. The van der Waals surface area contributed by atoms with Crippen molar-refractivity contribution in [1.29, 1.82) is 0 Å². The van der Waals surface area contributed by atoms with Gasteiger partial charge in [0.05, 0.1) is 5.69 Å². The van der Waals surface area contributed by atoms with Crippen LogP contribution in [0.1, 0.15) is 10.5 Å². The van der Waals surface area contributed by atoms with Gasteiger partial charge in [-0.05, 0) is 12.1 Å². The number of aromatic nitrogens is 4. The fourth-order valence-corrected chi connectivity index (χ4v) is 2.03. The van der Waals surface area contributed by atoms with E-state index in [9.17, 15) is 9.59 Å². The minimum atomic E-state index is -1.16. The van der Waals surface area contributed by atoms with Crippen LogP contribution in [0.3, 0.4) is 0 Å². The van der Waals surface area contributed by atoms with Gasteiger partial charge in [-0.2, -0.15) is 9.61 Å². The van der Waals surface area contributed by atoms with Gasteiger partial charge in [0.2, 0.25) is 0 Å². The van der Waals surface area contributed by atoms with Gasteiger partial charge in [-0.15, -0.1) is 0 Å². The van der Waals surface area contributed by atoms with E-state index >= 15 is 0 Å². The van der Waals surface area contributed by atoms with Crippen molar-refractivity contribution in [2.75, 3.05) is 0 Å². The molecule has 0 amide bonds. The lowest BCUT2D eigenvalue weighted by molar-refractivity contribution is 0.0685. The number of rotatable bonds is 2. The zero-order valence-corrected chi connectivity index (χ0v) is 10.5. The SMILES string of the molecule is Cn1c(C(=O)O)cc(=O)n2nc(-c3cccnc3)cc12. The first-order valence-electron chi connectivity index (χ1n) is 5.81. The maximum Gasteiger partial charge on any atom is 0.352 e. The molecule has 0 fully saturated rings. The summed E-state index contributed by atoms with van der Waals surface area (Å²) in [5, 5.41) is 13.3. The summed E-state index contributed by atoms with van der Waals surface area (Å²) in [5.74, 6) is -1.16. The largest absolute Gasteiger partial charge is 0.477 e. The van der Waals surface area contributed by atoms with Crippen molar-refractivity contribution >= 4 is 11.6 Å². The number of fused-ring (bicyclic) bond motifs is 1. The van der Waals surface area contributed by atoms with Gasteiger partial charge in [0.25, 0.3) is 5.56 Å². The maximum atomic E-state index is 11.9. The highest BCUT2D eigenvalue weighted by Crippen LogP contribution is 2.17. The van der Waals surface area contributed by atoms with Crippen molar-refractivity contribution in [2.45, 2.75) is 0 Å². The van der Waals surface area contributed by atoms with Gasteiger partial charge >= 0.3 is 5.97 Å². The molecule has 0 unspecified atom stereocenters. The molecule has 0 aliphatic heterocycles. The number of aromatic carboxylic acids is 1. The fourth-order valence-electron chi connectivity index (χ4n) is 2.03. The first-order chi connectivity index (χ1) is 9.58. The van der Waals surface area contributed by atoms with Crippen LogP contribution in [0.15, 0.2) is 41.5 Å². The lowest BCUT2D eigenvalue weighted by Gasteiger charge is -2.05. The van der Waals surface area contributed by atoms with Gasteiger partial charge < -0.3 is 9.67 Å². The third-order valence-electron chi connectivity index (χ3n) is 3.04. The Morgan fingerprint density at radius 3 is 2.80 bits per heavy atom. The van der Waals surface area contributed by atoms with Crippen molar-refractivity contribution in [3.63, 3.8) is 0 Å². The number of pyridine rings is 1. The molecular weight excluding hydrogens is 260 g/mol. The van der Waals surface area contributed by atoms with Gasteiger partial charge in [0.1, 0.15) is 11.3 Å². The molecule has 3 rings (SSSR count). The van der Waals surface area contributed by atoms with E-state index in [1.807, 2.05) is 6.07 Å². The van der Waals surface area contributed by atoms with E-state index < -0.39 is 11.5 Å². The third-order valence-corrected chi connectivity index (χ3v) is 3.04. The summed E-state index contributed by atoms with van der Waals surface area (Å²) in [6.07, 6.45) is 3.27. The normalized spacial score (nSPS) is 10.8. The van der Waals surface area contributed by atoms with Crippen molar-refractivity contribution in [2.24, 2.45) is 7.05 Å². The Labute approximate surface area is 112 Å². The van der Waals surface area contributed by atoms with Gasteiger partial charge in [-0.3, -0.25) is 9.78 Å². The average Bonchev–Trinajstić information content (AvgIpc) is 2.89. The Bertz CT molecular complexity index is 864. The van der Waals surface area contributed by atoms with E-state index in [4.69, 9.17) is 5.11 Å². The van der Waals surface area contributed by atoms with Gasteiger partial charge in [-0.1, -0.05) is 0 Å².